The summed E-state index contributed by atoms with van der Waals surface area (Å²) in [7, 11) is 1.58. The van der Waals surface area contributed by atoms with Crippen LogP contribution in [0, 0.1) is 6.92 Å². The van der Waals surface area contributed by atoms with Crippen molar-refractivity contribution in [3.05, 3.63) is 68.7 Å². The van der Waals surface area contributed by atoms with E-state index in [2.05, 4.69) is 10.3 Å². The van der Waals surface area contributed by atoms with Gasteiger partial charge in [-0.05, 0) is 60.1 Å². The number of thiophene rings is 1. The number of hydrogen-bond donors (Lipinski definition) is 1. The molecule has 4 rings (SSSR count). The van der Waals surface area contributed by atoms with Gasteiger partial charge in [0.05, 0.1) is 36.2 Å². The summed E-state index contributed by atoms with van der Waals surface area (Å²) in [4.78, 5) is 47.0. The normalized spacial score (nSPS) is 12.8. The quantitative estimate of drug-likeness (QED) is 0.297. The molecule has 0 aliphatic carbocycles. The molecule has 3 heterocycles. The molecule has 0 saturated carbocycles. The monoisotopic (exact) mass is 568 g/mol. The fourth-order valence-corrected chi connectivity index (χ4v) is 5.96. The maximum Gasteiger partial charge on any atom is 0.333 e. The van der Waals surface area contributed by atoms with Crippen molar-refractivity contribution in [2.45, 2.75) is 78.8 Å². The summed E-state index contributed by atoms with van der Waals surface area (Å²) in [6, 6.07) is 7.29. The average Bonchev–Trinajstić information content (AvgIpc) is 3.53. The lowest BCUT2D eigenvalue weighted by Gasteiger charge is -2.29. The van der Waals surface area contributed by atoms with Crippen molar-refractivity contribution in [3.8, 4) is 16.5 Å². The van der Waals surface area contributed by atoms with Crippen molar-refractivity contribution in [1.29, 1.82) is 0 Å². The highest BCUT2D eigenvalue weighted by Crippen LogP contribution is 2.37. The van der Waals surface area contributed by atoms with Crippen LogP contribution in [0.1, 0.15) is 58.8 Å². The van der Waals surface area contributed by atoms with E-state index >= 15 is 0 Å². The van der Waals surface area contributed by atoms with Gasteiger partial charge in [-0.25, -0.2) is 14.3 Å². The van der Waals surface area contributed by atoms with Crippen molar-refractivity contribution >= 4 is 27.5 Å². The lowest BCUT2D eigenvalue weighted by Crippen LogP contribution is -2.56. The topological polar surface area (TPSA) is 118 Å². The molecule has 40 heavy (non-hydrogen) atoms. The van der Waals surface area contributed by atoms with Gasteiger partial charge in [0.25, 0.3) is 5.56 Å². The number of carbonyl (C=O) groups excluding carboxylic acids is 1. The van der Waals surface area contributed by atoms with Crippen LogP contribution >= 0.6 is 11.3 Å². The van der Waals surface area contributed by atoms with Crippen molar-refractivity contribution in [2.75, 3.05) is 7.11 Å². The molecule has 10 nitrogen and oxygen atoms in total. The molecule has 0 bridgehead atoms. The van der Waals surface area contributed by atoms with Gasteiger partial charge >= 0.3 is 5.69 Å². The summed E-state index contributed by atoms with van der Waals surface area (Å²) < 4.78 is 20.0. The molecule has 1 aromatic carbocycles. The van der Waals surface area contributed by atoms with E-state index in [0.29, 0.717) is 32.3 Å². The molecule has 0 spiro atoms. The van der Waals surface area contributed by atoms with Crippen molar-refractivity contribution in [3.63, 3.8) is 0 Å². The van der Waals surface area contributed by atoms with Crippen LogP contribution < -0.4 is 21.3 Å². The Labute approximate surface area is 236 Å². The number of oxazole rings is 1. The third kappa shape index (κ3) is 5.35. The average molecular weight is 569 g/mol. The number of aryl methyl sites for hydroxylation is 1. The number of methoxy groups -OCH3 is 1. The zero-order valence-corrected chi connectivity index (χ0v) is 24.9. The second kappa shape index (κ2) is 11.4. The number of carbonyl (C=O) groups is 1. The number of nitrogens with zero attached hydrogens (tertiary/aromatic N) is 3. The molecule has 1 N–H and O–H groups in total. The van der Waals surface area contributed by atoms with Gasteiger partial charge in [-0.2, -0.15) is 0 Å². The van der Waals surface area contributed by atoms with E-state index in [1.54, 1.807) is 27.9 Å². The number of hydrogen-bond acceptors (Lipinski definition) is 8. The smallest absolute Gasteiger partial charge is 0.333 e. The van der Waals surface area contributed by atoms with Crippen LogP contribution in [0.2, 0.25) is 0 Å². The molecular formula is C29H36N4O6S. The number of nitrogens with one attached hydrogen (secondary N) is 1. The second-order valence-corrected chi connectivity index (χ2v) is 11.7. The van der Waals surface area contributed by atoms with Gasteiger partial charge in [0.2, 0.25) is 11.8 Å². The van der Waals surface area contributed by atoms with Crippen molar-refractivity contribution in [1.82, 2.24) is 19.4 Å². The first-order chi connectivity index (χ1) is 18.9. The number of benzene rings is 1. The molecular weight excluding hydrogens is 532 g/mol. The fraction of sp³-hybridized carbons (Fsp3) is 0.448. The lowest BCUT2D eigenvalue weighted by molar-refractivity contribution is -0.129. The van der Waals surface area contributed by atoms with E-state index in [4.69, 9.17) is 13.9 Å². The van der Waals surface area contributed by atoms with Crippen LogP contribution in [0.4, 0.5) is 0 Å². The molecule has 1 amide bonds. The first-order valence-corrected chi connectivity index (χ1v) is 14.0. The molecule has 11 heteroatoms. The van der Waals surface area contributed by atoms with Gasteiger partial charge < -0.3 is 19.2 Å². The Bertz CT molecular complexity index is 1630. The van der Waals surface area contributed by atoms with Crippen LogP contribution in [0.5, 0.6) is 5.75 Å². The van der Waals surface area contributed by atoms with E-state index in [1.165, 1.54) is 28.4 Å². The first kappa shape index (κ1) is 29.3. The SMILES string of the molecule is COc1ccccc1[C@H](Cn1c(=O)n(C(C)(C)C(=O)NC(C)C)c(=O)c2c(C)c(-c3ncco3)sc21)OC(C)C. The van der Waals surface area contributed by atoms with E-state index in [-0.39, 0.29) is 18.7 Å². The van der Waals surface area contributed by atoms with Crippen LogP contribution in [0.15, 0.2) is 50.7 Å². The van der Waals surface area contributed by atoms with Gasteiger partial charge in [0, 0.05) is 11.6 Å². The van der Waals surface area contributed by atoms with Gasteiger partial charge in [-0.1, -0.05) is 18.2 Å². The molecule has 214 valence electrons. The highest BCUT2D eigenvalue weighted by molar-refractivity contribution is 7.22. The fourth-order valence-electron chi connectivity index (χ4n) is 4.72. The minimum Gasteiger partial charge on any atom is -0.496 e. The largest absolute Gasteiger partial charge is 0.496 e. The standard InChI is InChI=1S/C29H36N4O6S/c1-16(2)31-27(35)29(6,7)33-25(34)22-18(5)23(24-30-13-14-38-24)40-26(22)32(28(33)36)15-21(39-17(3)4)19-11-9-10-12-20(19)37-8/h9-14,16-17,21H,15H2,1-8H3,(H,31,35)/t21-/m0/s1. The Morgan fingerprint density at radius 1 is 1.18 bits per heavy atom. The Kier molecular flexibility index (Phi) is 8.36. The highest BCUT2D eigenvalue weighted by Gasteiger charge is 2.36. The maximum atomic E-state index is 14.3. The number of rotatable bonds is 10. The summed E-state index contributed by atoms with van der Waals surface area (Å²) in [5.74, 6) is 0.526. The minimum absolute atomic E-state index is 0.0705. The predicted octanol–water partition coefficient (Wildman–Crippen LogP) is 4.62. The van der Waals surface area contributed by atoms with E-state index in [0.717, 1.165) is 10.1 Å². The molecule has 0 saturated heterocycles. The predicted molar refractivity (Wildman–Crippen MR) is 155 cm³/mol. The van der Waals surface area contributed by atoms with E-state index < -0.39 is 28.8 Å². The molecule has 4 aromatic rings. The summed E-state index contributed by atoms with van der Waals surface area (Å²) in [5.41, 5.74) is -1.27. The zero-order valence-electron chi connectivity index (χ0n) is 24.1. The van der Waals surface area contributed by atoms with Crippen molar-refractivity contribution in [2.24, 2.45) is 0 Å². The Hall–Kier alpha value is -3.70. The summed E-state index contributed by atoms with van der Waals surface area (Å²) in [6.45, 7) is 12.5. The molecule has 3 aromatic heterocycles. The molecule has 0 fully saturated rings. The van der Waals surface area contributed by atoms with Gasteiger partial charge in [-0.3, -0.25) is 14.2 Å². The van der Waals surface area contributed by atoms with Crippen molar-refractivity contribution < 1.29 is 18.7 Å². The van der Waals surface area contributed by atoms with Crippen LogP contribution in [-0.2, 0) is 21.6 Å². The molecule has 1 atom stereocenters. The summed E-state index contributed by atoms with van der Waals surface area (Å²) in [6.07, 6.45) is 2.22. The van der Waals surface area contributed by atoms with Gasteiger partial charge in [0.15, 0.2) is 0 Å². The third-order valence-corrected chi connectivity index (χ3v) is 7.95. The number of para-hydroxylation sites is 1. The number of aromatic nitrogens is 3. The molecule has 0 radical (unpaired) electrons. The zero-order chi connectivity index (χ0) is 29.4. The number of ether oxygens (including phenoxy) is 2. The Morgan fingerprint density at radius 3 is 2.48 bits per heavy atom. The van der Waals surface area contributed by atoms with E-state index in [9.17, 15) is 14.4 Å². The Balaban J connectivity index is 2.04. The third-order valence-electron chi connectivity index (χ3n) is 6.64. The molecule has 0 unspecified atom stereocenters. The minimum atomic E-state index is -1.48. The van der Waals surface area contributed by atoms with E-state index in [1.807, 2.05) is 52.0 Å². The lowest BCUT2D eigenvalue weighted by atomic mass is 10.0. The second-order valence-electron chi connectivity index (χ2n) is 10.7. The summed E-state index contributed by atoms with van der Waals surface area (Å²) >= 11 is 1.25. The Morgan fingerprint density at radius 2 is 1.88 bits per heavy atom. The maximum absolute atomic E-state index is 14.3. The number of fused-ring (bicyclic) bond motifs is 1. The van der Waals surface area contributed by atoms with Crippen LogP contribution in [0.3, 0.4) is 0 Å². The highest BCUT2D eigenvalue weighted by atomic mass is 32.1. The van der Waals surface area contributed by atoms with Gasteiger partial charge in [-0.15, -0.1) is 11.3 Å². The van der Waals surface area contributed by atoms with Gasteiger partial charge in [0.1, 0.15) is 28.5 Å². The summed E-state index contributed by atoms with van der Waals surface area (Å²) in [5, 5.41) is 3.17. The first-order valence-electron chi connectivity index (χ1n) is 13.2. The van der Waals surface area contributed by atoms with Crippen LogP contribution in [-0.4, -0.2) is 39.3 Å². The molecule has 0 aliphatic rings. The molecule has 0 aliphatic heterocycles. The van der Waals surface area contributed by atoms with Crippen LogP contribution in [0.25, 0.3) is 21.0 Å². The number of amides is 1.